The Balaban J connectivity index is 2.23. The van der Waals surface area contributed by atoms with Gasteiger partial charge in [0.05, 0.1) is 5.56 Å². The summed E-state index contributed by atoms with van der Waals surface area (Å²) >= 11 is 0. The van der Waals surface area contributed by atoms with Gasteiger partial charge in [-0.05, 0) is 53.6 Å². The number of halogens is 10. The average Bonchev–Trinajstić information content (AvgIpc) is 2.81. The van der Waals surface area contributed by atoms with Crippen LogP contribution in [0.5, 0.6) is 11.5 Å². The maximum atomic E-state index is 13.8. The molecule has 0 atom stereocenters. The van der Waals surface area contributed by atoms with Crippen LogP contribution >= 0.6 is 0 Å². The van der Waals surface area contributed by atoms with Crippen LogP contribution in [-0.2, 0) is 11.7 Å². The van der Waals surface area contributed by atoms with Crippen molar-refractivity contribution < 1.29 is 58.2 Å². The first-order chi connectivity index (χ1) is 18.4. The van der Waals surface area contributed by atoms with Crippen molar-refractivity contribution in [1.29, 1.82) is 0 Å². The molecule has 0 spiro atoms. The van der Waals surface area contributed by atoms with Crippen molar-refractivity contribution in [2.45, 2.75) is 30.9 Å². The first-order valence-electron chi connectivity index (χ1n) is 10.8. The molecule has 0 saturated heterocycles. The Kier molecular flexibility index (Phi) is 8.28. The smallest absolute Gasteiger partial charge is 0.406 e. The molecular weight excluding hydrogens is 564 g/mol. The zero-order valence-corrected chi connectivity index (χ0v) is 19.6. The van der Waals surface area contributed by atoms with E-state index in [9.17, 15) is 48.7 Å². The molecule has 0 aliphatic heterocycles. The third-order valence-corrected chi connectivity index (χ3v) is 5.35. The van der Waals surface area contributed by atoms with Crippen molar-refractivity contribution >= 4 is 5.91 Å². The first kappa shape index (κ1) is 30.1. The van der Waals surface area contributed by atoms with Crippen molar-refractivity contribution in [3.8, 4) is 23.8 Å². The molecule has 3 rings (SSSR count). The van der Waals surface area contributed by atoms with Crippen LogP contribution in [0.3, 0.4) is 0 Å². The lowest BCUT2D eigenvalue weighted by Gasteiger charge is -2.35. The summed E-state index contributed by atoms with van der Waals surface area (Å²) in [6.45, 7) is 0. The lowest BCUT2D eigenvalue weighted by atomic mass is 9.79. The van der Waals surface area contributed by atoms with Crippen LogP contribution in [0.4, 0.5) is 43.9 Å². The molecule has 1 N–H and O–H groups in total. The Morgan fingerprint density at radius 3 is 1.70 bits per heavy atom. The standard InChI is InChI=1S/C26H15F10NO3/c1-2-11-23(16-5-3-7-18(13-16)39-25(31,32)33,17-6-4-8-19(14-17)40-26(34,35)36)37-22(38)15-9-10-21(27)20(12-15)24(28,29)30/h1,3-10,12-14H,11H2,(H,37,38). The highest BCUT2D eigenvalue weighted by molar-refractivity contribution is 5.95. The second kappa shape index (κ2) is 11.0. The van der Waals surface area contributed by atoms with Crippen LogP contribution in [0.2, 0.25) is 0 Å². The summed E-state index contributed by atoms with van der Waals surface area (Å²) in [5, 5.41) is 2.31. The van der Waals surface area contributed by atoms with Crippen LogP contribution in [-0.4, -0.2) is 18.6 Å². The van der Waals surface area contributed by atoms with Gasteiger partial charge in [-0.3, -0.25) is 4.79 Å². The highest BCUT2D eigenvalue weighted by atomic mass is 19.4. The molecule has 14 heteroatoms. The Morgan fingerprint density at radius 1 is 0.775 bits per heavy atom. The number of alkyl halides is 9. The molecule has 0 unspecified atom stereocenters. The fourth-order valence-corrected chi connectivity index (χ4v) is 3.78. The number of rotatable bonds is 7. The van der Waals surface area contributed by atoms with Crippen molar-refractivity contribution in [2.75, 3.05) is 0 Å². The number of carbonyl (C=O) groups excluding carboxylic acids is 1. The van der Waals surface area contributed by atoms with Gasteiger partial charge in [-0.2, -0.15) is 13.2 Å². The minimum Gasteiger partial charge on any atom is -0.406 e. The molecule has 3 aromatic carbocycles. The van der Waals surface area contributed by atoms with Gasteiger partial charge in [0.25, 0.3) is 5.91 Å². The van der Waals surface area contributed by atoms with Gasteiger partial charge < -0.3 is 14.8 Å². The highest BCUT2D eigenvalue weighted by Crippen LogP contribution is 2.39. The van der Waals surface area contributed by atoms with Crippen molar-refractivity contribution in [2.24, 2.45) is 0 Å². The van der Waals surface area contributed by atoms with Gasteiger partial charge >= 0.3 is 18.9 Å². The summed E-state index contributed by atoms with van der Waals surface area (Å²) in [4.78, 5) is 13.2. The predicted molar refractivity (Wildman–Crippen MR) is 119 cm³/mol. The third-order valence-electron chi connectivity index (χ3n) is 5.35. The molecule has 4 nitrogen and oxygen atoms in total. The fraction of sp³-hybridized carbons (Fsp3) is 0.192. The number of carbonyl (C=O) groups is 1. The number of hydrogen-bond acceptors (Lipinski definition) is 3. The van der Waals surface area contributed by atoms with Gasteiger partial charge in [0.15, 0.2) is 0 Å². The second-order valence-corrected chi connectivity index (χ2v) is 8.08. The Hall–Kier alpha value is -4.41. The number of ether oxygens (including phenoxy) is 2. The summed E-state index contributed by atoms with van der Waals surface area (Å²) in [6.07, 6.45) is -10.7. The predicted octanol–water partition coefficient (Wildman–Crippen LogP) is 7.34. The van der Waals surface area contributed by atoms with Gasteiger partial charge in [0.1, 0.15) is 22.9 Å². The lowest BCUT2D eigenvalue weighted by Crippen LogP contribution is -2.47. The monoisotopic (exact) mass is 579 g/mol. The topological polar surface area (TPSA) is 47.6 Å². The average molecular weight is 579 g/mol. The van der Waals surface area contributed by atoms with Crippen LogP contribution in [0.25, 0.3) is 0 Å². The third kappa shape index (κ3) is 7.37. The number of benzene rings is 3. The SMILES string of the molecule is C#CCC(NC(=O)c1ccc(F)c(C(F)(F)F)c1)(c1cccc(OC(F)(F)F)c1)c1cccc(OC(F)(F)F)c1. The molecule has 0 bridgehead atoms. The summed E-state index contributed by atoms with van der Waals surface area (Å²) in [5.41, 5.74) is -5.16. The molecule has 0 radical (unpaired) electrons. The highest BCUT2D eigenvalue weighted by Gasteiger charge is 2.40. The Labute approximate surface area is 219 Å². The summed E-state index contributed by atoms with van der Waals surface area (Å²) in [6, 6.07) is 9.04. The zero-order chi connectivity index (χ0) is 29.9. The molecular formula is C26H15F10NO3. The van der Waals surface area contributed by atoms with Crippen molar-refractivity contribution in [3.63, 3.8) is 0 Å². The summed E-state index contributed by atoms with van der Waals surface area (Å²) in [5.74, 6) is -2.44. The first-order valence-corrected chi connectivity index (χ1v) is 10.8. The van der Waals surface area contributed by atoms with Gasteiger partial charge in [0.2, 0.25) is 0 Å². The van der Waals surface area contributed by atoms with Gasteiger partial charge in [0, 0.05) is 12.0 Å². The number of hydrogen-bond donors (Lipinski definition) is 1. The van der Waals surface area contributed by atoms with Crippen LogP contribution in [0.1, 0.15) is 33.5 Å². The van der Waals surface area contributed by atoms with Crippen LogP contribution in [0.15, 0.2) is 66.7 Å². The van der Waals surface area contributed by atoms with Crippen molar-refractivity contribution in [1.82, 2.24) is 5.32 Å². The van der Waals surface area contributed by atoms with Crippen LogP contribution in [0, 0.1) is 18.2 Å². The molecule has 0 heterocycles. The van der Waals surface area contributed by atoms with E-state index in [1.54, 1.807) is 0 Å². The van der Waals surface area contributed by atoms with E-state index < -0.39 is 65.2 Å². The van der Waals surface area contributed by atoms with Gasteiger partial charge in [-0.25, -0.2) is 4.39 Å². The zero-order valence-electron chi connectivity index (χ0n) is 19.6. The lowest BCUT2D eigenvalue weighted by molar-refractivity contribution is -0.275. The minimum absolute atomic E-state index is 0.192. The van der Waals surface area contributed by atoms with E-state index in [0.717, 1.165) is 48.5 Å². The van der Waals surface area contributed by atoms with E-state index in [2.05, 4.69) is 20.7 Å². The quantitative estimate of drug-likeness (QED) is 0.236. The summed E-state index contributed by atoms with van der Waals surface area (Å²) < 4.78 is 139. The fourth-order valence-electron chi connectivity index (χ4n) is 3.78. The molecule has 40 heavy (non-hydrogen) atoms. The largest absolute Gasteiger partial charge is 0.573 e. The van der Waals surface area contributed by atoms with Crippen LogP contribution < -0.4 is 14.8 Å². The maximum absolute atomic E-state index is 13.8. The molecule has 3 aromatic rings. The molecule has 0 aromatic heterocycles. The van der Waals surface area contributed by atoms with Gasteiger partial charge in [-0.1, -0.05) is 24.3 Å². The molecule has 0 saturated carbocycles. The molecule has 0 fully saturated rings. The maximum Gasteiger partial charge on any atom is 0.573 e. The molecule has 0 aliphatic rings. The minimum atomic E-state index is -5.19. The Morgan fingerprint density at radius 2 is 1.27 bits per heavy atom. The normalized spacial score (nSPS) is 12.4. The van der Waals surface area contributed by atoms with Gasteiger partial charge in [-0.15, -0.1) is 38.7 Å². The van der Waals surface area contributed by atoms with E-state index in [1.165, 1.54) is 0 Å². The van der Waals surface area contributed by atoms with E-state index in [4.69, 9.17) is 6.42 Å². The number of amides is 1. The molecule has 0 aliphatic carbocycles. The van der Waals surface area contributed by atoms with Crippen molar-refractivity contribution in [3.05, 3.63) is 94.8 Å². The number of terminal acetylenes is 1. The molecule has 1 amide bonds. The molecule has 212 valence electrons. The Bertz CT molecular complexity index is 1360. The summed E-state index contributed by atoms with van der Waals surface area (Å²) in [7, 11) is 0. The number of nitrogens with one attached hydrogen (secondary N) is 1. The van der Waals surface area contributed by atoms with E-state index in [-0.39, 0.29) is 17.2 Å². The van der Waals surface area contributed by atoms with E-state index in [1.807, 2.05) is 0 Å². The van der Waals surface area contributed by atoms with E-state index in [0.29, 0.717) is 12.1 Å². The van der Waals surface area contributed by atoms with E-state index >= 15 is 0 Å². The second-order valence-electron chi connectivity index (χ2n) is 8.08.